The average molecular weight is 260 g/mol. The predicted molar refractivity (Wildman–Crippen MR) is 56.5 cm³/mol. The summed E-state index contributed by atoms with van der Waals surface area (Å²) >= 11 is 0. The molecule has 1 N–H and O–H groups in total. The Labute approximate surface area is 98.1 Å². The van der Waals surface area contributed by atoms with Gasteiger partial charge in [-0.1, -0.05) is 5.16 Å². The number of carboxylic acids is 1. The maximum Gasteiger partial charge on any atom is 0.322 e. The summed E-state index contributed by atoms with van der Waals surface area (Å²) < 4.78 is 29.6. The van der Waals surface area contributed by atoms with Crippen LogP contribution in [0.4, 0.5) is 0 Å². The zero-order valence-corrected chi connectivity index (χ0v) is 9.76. The van der Waals surface area contributed by atoms with Crippen molar-refractivity contribution in [1.82, 2.24) is 9.46 Å². The number of sulfonamides is 1. The molecule has 8 heteroatoms. The summed E-state index contributed by atoms with van der Waals surface area (Å²) in [5.41, 5.74) is 0.279. The van der Waals surface area contributed by atoms with E-state index in [-0.39, 0.29) is 18.0 Å². The lowest BCUT2D eigenvalue weighted by atomic mass is 10.2. The molecule has 1 unspecified atom stereocenters. The van der Waals surface area contributed by atoms with E-state index in [0.29, 0.717) is 12.8 Å². The largest absolute Gasteiger partial charge is 0.480 e. The fraction of sp³-hybridized carbons (Fsp3) is 0.556. The van der Waals surface area contributed by atoms with Gasteiger partial charge in [0.2, 0.25) is 10.0 Å². The number of carboxylic acid groups (broad SMARTS) is 1. The van der Waals surface area contributed by atoms with Crippen molar-refractivity contribution in [2.75, 3.05) is 6.54 Å². The van der Waals surface area contributed by atoms with Gasteiger partial charge in [0, 0.05) is 12.6 Å². The van der Waals surface area contributed by atoms with Crippen LogP contribution < -0.4 is 0 Å². The van der Waals surface area contributed by atoms with E-state index in [4.69, 9.17) is 5.11 Å². The first-order valence-corrected chi connectivity index (χ1v) is 6.73. The van der Waals surface area contributed by atoms with Gasteiger partial charge in [0.25, 0.3) is 0 Å². The predicted octanol–water partition coefficient (Wildman–Crippen LogP) is 0.0534. The van der Waals surface area contributed by atoms with Gasteiger partial charge >= 0.3 is 5.97 Å². The number of carbonyl (C=O) groups is 1. The van der Waals surface area contributed by atoms with Crippen LogP contribution in [0.3, 0.4) is 0 Å². The summed E-state index contributed by atoms with van der Waals surface area (Å²) in [5.74, 6) is -1.43. The average Bonchev–Trinajstić information content (AvgIpc) is 2.84. The van der Waals surface area contributed by atoms with Crippen LogP contribution in [-0.4, -0.2) is 41.5 Å². The molecular formula is C9H12N2O5S. The molecule has 1 aliphatic heterocycles. The number of aromatic nitrogens is 1. The third-order valence-corrected chi connectivity index (χ3v) is 4.48. The van der Waals surface area contributed by atoms with Gasteiger partial charge in [0.1, 0.15) is 18.1 Å². The quantitative estimate of drug-likeness (QED) is 0.821. The number of aliphatic carboxylic acids is 1. The highest BCUT2D eigenvalue weighted by molar-refractivity contribution is 7.88. The molecule has 17 heavy (non-hydrogen) atoms. The molecule has 1 saturated heterocycles. The topological polar surface area (TPSA) is 101 Å². The Balaban J connectivity index is 2.17. The van der Waals surface area contributed by atoms with E-state index in [0.717, 1.165) is 4.31 Å². The Morgan fingerprint density at radius 2 is 2.41 bits per heavy atom. The van der Waals surface area contributed by atoms with Crippen molar-refractivity contribution in [3.63, 3.8) is 0 Å². The highest BCUT2D eigenvalue weighted by atomic mass is 32.2. The Bertz CT molecular complexity index is 495. The standard InChI is InChI=1S/C9H12N2O5S/c12-9(13)8-2-1-4-11(8)17(14,15)6-7-3-5-16-10-7/h3,5,8H,1-2,4,6H2,(H,12,13). The third-order valence-electron chi connectivity index (χ3n) is 2.67. The molecular weight excluding hydrogens is 248 g/mol. The third kappa shape index (κ3) is 2.47. The summed E-state index contributed by atoms with van der Waals surface area (Å²) in [6.07, 6.45) is 2.20. The van der Waals surface area contributed by atoms with Crippen molar-refractivity contribution >= 4 is 16.0 Å². The van der Waals surface area contributed by atoms with E-state index in [1.54, 1.807) is 0 Å². The minimum atomic E-state index is -3.65. The SMILES string of the molecule is O=C(O)C1CCCN1S(=O)(=O)Cc1ccon1. The monoisotopic (exact) mass is 260 g/mol. The first-order chi connectivity index (χ1) is 8.00. The minimum Gasteiger partial charge on any atom is -0.480 e. The van der Waals surface area contributed by atoms with Gasteiger partial charge in [-0.25, -0.2) is 8.42 Å². The lowest BCUT2D eigenvalue weighted by Gasteiger charge is -2.20. The second kappa shape index (κ2) is 4.46. The molecule has 7 nitrogen and oxygen atoms in total. The van der Waals surface area contributed by atoms with Gasteiger partial charge in [-0.05, 0) is 12.8 Å². The van der Waals surface area contributed by atoms with Crippen molar-refractivity contribution in [1.29, 1.82) is 0 Å². The van der Waals surface area contributed by atoms with Gasteiger partial charge < -0.3 is 9.63 Å². The van der Waals surface area contributed by atoms with Crippen molar-refractivity contribution in [2.45, 2.75) is 24.6 Å². The molecule has 0 aliphatic carbocycles. The molecule has 1 aromatic heterocycles. The zero-order valence-electron chi connectivity index (χ0n) is 8.94. The van der Waals surface area contributed by atoms with Crippen LogP contribution in [0.5, 0.6) is 0 Å². The van der Waals surface area contributed by atoms with E-state index in [2.05, 4.69) is 9.68 Å². The number of hydrogen-bond donors (Lipinski definition) is 1. The van der Waals surface area contributed by atoms with Crippen molar-refractivity contribution in [3.8, 4) is 0 Å². The van der Waals surface area contributed by atoms with Gasteiger partial charge in [0.15, 0.2) is 0 Å². The molecule has 0 amide bonds. The van der Waals surface area contributed by atoms with Gasteiger partial charge in [-0.2, -0.15) is 4.31 Å². The first kappa shape index (κ1) is 12.1. The molecule has 0 radical (unpaired) electrons. The molecule has 94 valence electrons. The second-order valence-corrected chi connectivity index (χ2v) is 5.78. The van der Waals surface area contributed by atoms with E-state index >= 15 is 0 Å². The Morgan fingerprint density at radius 1 is 1.65 bits per heavy atom. The van der Waals surface area contributed by atoms with E-state index in [1.807, 2.05) is 0 Å². The highest BCUT2D eigenvalue weighted by Crippen LogP contribution is 2.23. The normalized spacial score (nSPS) is 21.8. The molecule has 1 fully saturated rings. The van der Waals surface area contributed by atoms with Crippen molar-refractivity contribution in [3.05, 3.63) is 18.0 Å². The van der Waals surface area contributed by atoms with E-state index in [9.17, 15) is 13.2 Å². The van der Waals surface area contributed by atoms with Crippen molar-refractivity contribution < 1.29 is 22.8 Å². The summed E-state index contributed by atoms with van der Waals surface area (Å²) in [4.78, 5) is 10.9. The molecule has 0 saturated carbocycles. The maximum absolute atomic E-state index is 12.0. The van der Waals surface area contributed by atoms with Crippen LogP contribution >= 0.6 is 0 Å². The Morgan fingerprint density at radius 3 is 3.00 bits per heavy atom. The summed E-state index contributed by atoms with van der Waals surface area (Å²) in [6.45, 7) is 0.247. The molecule has 0 spiro atoms. The summed E-state index contributed by atoms with van der Waals surface area (Å²) in [5, 5.41) is 12.4. The number of nitrogens with zero attached hydrogens (tertiary/aromatic N) is 2. The molecule has 0 aromatic carbocycles. The summed E-state index contributed by atoms with van der Waals surface area (Å²) in [7, 11) is -3.65. The van der Waals surface area contributed by atoms with Crippen LogP contribution in [0.1, 0.15) is 18.5 Å². The lowest BCUT2D eigenvalue weighted by Crippen LogP contribution is -2.40. The molecule has 1 atom stereocenters. The van der Waals surface area contributed by atoms with Crippen LogP contribution in [0.2, 0.25) is 0 Å². The Hall–Kier alpha value is -1.41. The molecule has 1 aromatic rings. The van der Waals surface area contributed by atoms with Gasteiger partial charge in [-0.15, -0.1) is 0 Å². The van der Waals surface area contributed by atoms with Gasteiger partial charge in [-0.3, -0.25) is 4.79 Å². The second-order valence-electron chi connectivity index (χ2n) is 3.85. The van der Waals surface area contributed by atoms with Crippen molar-refractivity contribution in [2.24, 2.45) is 0 Å². The molecule has 1 aliphatic rings. The molecule has 0 bridgehead atoms. The zero-order chi connectivity index (χ0) is 12.5. The first-order valence-electron chi connectivity index (χ1n) is 5.12. The van der Waals surface area contributed by atoms with Crippen LogP contribution in [0.25, 0.3) is 0 Å². The fourth-order valence-corrected chi connectivity index (χ4v) is 3.58. The number of rotatable bonds is 4. The van der Waals surface area contributed by atoms with E-state index < -0.39 is 22.0 Å². The molecule has 2 rings (SSSR count). The minimum absolute atomic E-state index is 0.247. The van der Waals surface area contributed by atoms with Crippen LogP contribution in [0, 0.1) is 0 Å². The maximum atomic E-state index is 12.0. The highest BCUT2D eigenvalue weighted by Gasteiger charge is 2.38. The number of hydrogen-bond acceptors (Lipinski definition) is 5. The Kier molecular flexibility index (Phi) is 3.16. The van der Waals surface area contributed by atoms with Crippen LogP contribution in [0.15, 0.2) is 16.9 Å². The lowest BCUT2D eigenvalue weighted by molar-refractivity contribution is -0.140. The molecule has 2 heterocycles. The fourth-order valence-electron chi connectivity index (χ4n) is 1.90. The van der Waals surface area contributed by atoms with Gasteiger partial charge in [0.05, 0.1) is 5.69 Å². The van der Waals surface area contributed by atoms with Crippen LogP contribution in [-0.2, 0) is 20.6 Å². The van der Waals surface area contributed by atoms with E-state index in [1.165, 1.54) is 12.3 Å². The summed E-state index contributed by atoms with van der Waals surface area (Å²) in [6, 6.07) is 0.496. The smallest absolute Gasteiger partial charge is 0.322 e.